The fourth-order valence-corrected chi connectivity index (χ4v) is 4.73. The van der Waals surface area contributed by atoms with Gasteiger partial charge in [-0.05, 0) is 42.7 Å². The van der Waals surface area contributed by atoms with Gasteiger partial charge in [0.2, 0.25) is 0 Å². The van der Waals surface area contributed by atoms with Crippen LogP contribution in [0.5, 0.6) is 6.01 Å². The summed E-state index contributed by atoms with van der Waals surface area (Å²) in [5.74, 6) is 0.958. The van der Waals surface area contributed by atoms with E-state index in [1.165, 1.54) is 36.7 Å². The van der Waals surface area contributed by atoms with Gasteiger partial charge in [0.05, 0.1) is 6.54 Å². The van der Waals surface area contributed by atoms with E-state index in [0.717, 1.165) is 45.0 Å². The van der Waals surface area contributed by atoms with Gasteiger partial charge in [-0.1, -0.05) is 6.07 Å². The van der Waals surface area contributed by atoms with Crippen LogP contribution in [0.15, 0.2) is 18.3 Å². The third kappa shape index (κ3) is 3.55. The third-order valence-electron chi connectivity index (χ3n) is 6.11. The quantitative estimate of drug-likeness (QED) is 0.577. The smallest absolute Gasteiger partial charge is 0.415 e. The van der Waals surface area contributed by atoms with Gasteiger partial charge in [0.1, 0.15) is 17.6 Å². The Kier molecular flexibility index (Phi) is 4.42. The number of nitro groups is 1. The second-order valence-corrected chi connectivity index (χ2v) is 8.60. The summed E-state index contributed by atoms with van der Waals surface area (Å²) in [5.41, 5.74) is 2.06. The minimum absolute atomic E-state index is 0.162. The molecule has 0 aromatic carbocycles. The van der Waals surface area contributed by atoms with Crippen molar-refractivity contribution in [3.63, 3.8) is 0 Å². The van der Waals surface area contributed by atoms with Crippen molar-refractivity contribution >= 4 is 11.6 Å². The molecular formula is C20H26N6O3. The van der Waals surface area contributed by atoms with Gasteiger partial charge in [0, 0.05) is 49.8 Å². The van der Waals surface area contributed by atoms with Crippen LogP contribution in [-0.2, 0) is 19.5 Å². The summed E-state index contributed by atoms with van der Waals surface area (Å²) < 4.78 is 7.74. The molecule has 0 amide bonds. The highest BCUT2D eigenvalue weighted by molar-refractivity contribution is 5.43. The van der Waals surface area contributed by atoms with Crippen LogP contribution in [0.1, 0.15) is 37.4 Å². The highest BCUT2D eigenvalue weighted by Crippen LogP contribution is 2.32. The molecule has 0 N–H and O–H groups in total. The van der Waals surface area contributed by atoms with Crippen LogP contribution in [-0.4, -0.2) is 56.1 Å². The fraction of sp³-hybridized carbons (Fsp3) is 0.600. The van der Waals surface area contributed by atoms with Crippen molar-refractivity contribution in [2.24, 2.45) is 0 Å². The van der Waals surface area contributed by atoms with Crippen molar-refractivity contribution in [3.05, 3.63) is 39.7 Å². The zero-order valence-corrected chi connectivity index (χ0v) is 16.7. The van der Waals surface area contributed by atoms with Gasteiger partial charge < -0.3 is 19.8 Å². The molecule has 29 heavy (non-hydrogen) atoms. The summed E-state index contributed by atoms with van der Waals surface area (Å²) in [6.45, 7) is 7.37. The Morgan fingerprint density at radius 2 is 2.03 bits per heavy atom. The van der Waals surface area contributed by atoms with Gasteiger partial charge in [0.15, 0.2) is 0 Å². The lowest BCUT2D eigenvalue weighted by Gasteiger charge is -2.34. The molecule has 0 aliphatic carbocycles. The van der Waals surface area contributed by atoms with Crippen LogP contribution in [0.3, 0.4) is 0 Å². The molecule has 0 unspecified atom stereocenters. The Morgan fingerprint density at radius 3 is 2.79 bits per heavy atom. The van der Waals surface area contributed by atoms with Crippen LogP contribution in [0.25, 0.3) is 0 Å². The van der Waals surface area contributed by atoms with Crippen LogP contribution in [0, 0.1) is 10.1 Å². The molecule has 1 saturated heterocycles. The second kappa shape index (κ2) is 6.98. The number of anilines is 1. The van der Waals surface area contributed by atoms with Crippen molar-refractivity contribution in [2.45, 2.75) is 51.3 Å². The number of fused-ring (bicyclic) bond motifs is 2. The summed E-state index contributed by atoms with van der Waals surface area (Å²) in [5, 5.41) is 10.9. The Bertz CT molecular complexity index is 913. The normalized spacial score (nSPS) is 24.1. The van der Waals surface area contributed by atoms with Crippen LogP contribution in [0.2, 0.25) is 0 Å². The van der Waals surface area contributed by atoms with E-state index in [1.54, 1.807) is 4.57 Å². The predicted octanol–water partition coefficient (Wildman–Crippen LogP) is 2.39. The maximum atomic E-state index is 10.9. The van der Waals surface area contributed by atoms with Gasteiger partial charge in [-0.3, -0.25) is 9.47 Å². The minimum atomic E-state index is -0.487. The number of hydrogen-bond donors (Lipinski definition) is 0. The number of nitrogens with zero attached hydrogens (tertiary/aromatic N) is 6. The minimum Gasteiger partial charge on any atom is -0.436 e. The molecule has 0 saturated carbocycles. The molecule has 9 nitrogen and oxygen atoms in total. The number of hydrogen-bond acceptors (Lipinski definition) is 7. The average molecular weight is 398 g/mol. The molecule has 2 aromatic rings. The van der Waals surface area contributed by atoms with Crippen molar-refractivity contribution in [2.75, 3.05) is 31.1 Å². The predicted molar refractivity (Wildman–Crippen MR) is 107 cm³/mol. The number of rotatable bonds is 4. The zero-order valence-electron chi connectivity index (χ0n) is 16.7. The van der Waals surface area contributed by atoms with Gasteiger partial charge >= 0.3 is 11.8 Å². The van der Waals surface area contributed by atoms with E-state index < -0.39 is 10.5 Å². The van der Waals surface area contributed by atoms with Crippen molar-refractivity contribution in [1.29, 1.82) is 0 Å². The molecule has 2 aromatic heterocycles. The molecule has 0 radical (unpaired) electrons. The third-order valence-corrected chi connectivity index (χ3v) is 6.11. The van der Waals surface area contributed by atoms with E-state index in [0.29, 0.717) is 12.6 Å². The molecule has 0 bridgehead atoms. The van der Waals surface area contributed by atoms with Crippen molar-refractivity contribution in [1.82, 2.24) is 19.4 Å². The van der Waals surface area contributed by atoms with E-state index in [1.807, 2.05) is 6.92 Å². The Balaban J connectivity index is 1.24. The summed E-state index contributed by atoms with van der Waals surface area (Å²) in [7, 11) is 0. The topological polar surface area (TPSA) is 89.6 Å². The SMILES string of the molecule is C[C@]1(CN2CCc3nc(N4CCCCC4)ccc3C2)Cn2cc([N+](=O)[O-])nc2O1. The standard InChI is InChI=1S/C20H26N6O3/c1-20(14-25-12-18(26(27)28)22-19(25)29-20)13-23-10-7-16-15(11-23)5-6-17(21-16)24-8-3-2-4-9-24/h5-6,12H,2-4,7-11,13-14H2,1H3/t20-/m0/s1. The van der Waals surface area contributed by atoms with E-state index in [-0.39, 0.29) is 5.82 Å². The monoisotopic (exact) mass is 398 g/mol. The number of imidazole rings is 1. The lowest BCUT2D eigenvalue weighted by molar-refractivity contribution is -0.389. The number of pyridine rings is 1. The largest absolute Gasteiger partial charge is 0.436 e. The first-order valence-electron chi connectivity index (χ1n) is 10.4. The summed E-state index contributed by atoms with van der Waals surface area (Å²) in [6.07, 6.45) is 6.23. The number of ether oxygens (including phenoxy) is 1. The van der Waals surface area contributed by atoms with Gasteiger partial charge in [-0.25, -0.2) is 4.98 Å². The molecule has 0 spiro atoms. The number of aromatic nitrogens is 3. The number of piperidine rings is 1. The molecule has 9 heteroatoms. The Labute approximate surface area is 169 Å². The first kappa shape index (κ1) is 18.4. The fourth-order valence-electron chi connectivity index (χ4n) is 4.73. The Hall–Kier alpha value is -2.68. The van der Waals surface area contributed by atoms with Gasteiger partial charge in [-0.2, -0.15) is 0 Å². The highest BCUT2D eigenvalue weighted by atomic mass is 16.6. The van der Waals surface area contributed by atoms with E-state index in [4.69, 9.17) is 9.72 Å². The second-order valence-electron chi connectivity index (χ2n) is 8.60. The van der Waals surface area contributed by atoms with E-state index >= 15 is 0 Å². The lowest BCUT2D eigenvalue weighted by atomic mass is 10.0. The summed E-state index contributed by atoms with van der Waals surface area (Å²) in [6, 6.07) is 4.73. The van der Waals surface area contributed by atoms with Gasteiger partial charge in [-0.15, -0.1) is 0 Å². The molecule has 5 heterocycles. The summed E-state index contributed by atoms with van der Waals surface area (Å²) >= 11 is 0. The van der Waals surface area contributed by atoms with Crippen LogP contribution in [0.4, 0.5) is 11.6 Å². The molecule has 3 aliphatic heterocycles. The van der Waals surface area contributed by atoms with E-state index in [9.17, 15) is 10.1 Å². The first-order valence-corrected chi connectivity index (χ1v) is 10.4. The molecule has 5 rings (SSSR count). The van der Waals surface area contributed by atoms with Crippen LogP contribution < -0.4 is 9.64 Å². The molecule has 154 valence electrons. The van der Waals surface area contributed by atoms with Gasteiger partial charge in [0.25, 0.3) is 0 Å². The zero-order chi connectivity index (χ0) is 20.0. The maximum Gasteiger partial charge on any atom is 0.415 e. The summed E-state index contributed by atoms with van der Waals surface area (Å²) in [4.78, 5) is 24.1. The maximum absolute atomic E-state index is 10.9. The first-order chi connectivity index (χ1) is 14.0. The lowest BCUT2D eigenvalue weighted by Crippen LogP contribution is -2.46. The van der Waals surface area contributed by atoms with Crippen molar-refractivity contribution < 1.29 is 9.66 Å². The average Bonchev–Trinajstić information content (AvgIpc) is 3.23. The molecule has 1 fully saturated rings. The van der Waals surface area contributed by atoms with Crippen molar-refractivity contribution in [3.8, 4) is 6.01 Å². The molecule has 3 aliphatic rings. The molecule has 1 atom stereocenters. The molecular weight excluding hydrogens is 372 g/mol. The highest BCUT2D eigenvalue weighted by Gasteiger charge is 2.41. The van der Waals surface area contributed by atoms with Crippen LogP contribution >= 0.6 is 0 Å². The Morgan fingerprint density at radius 1 is 1.21 bits per heavy atom. The van der Waals surface area contributed by atoms with E-state index in [2.05, 4.69) is 26.9 Å².